The molecule has 0 aromatic heterocycles. The number of aliphatic hydroxyl groups excluding tert-OH is 2. The zero-order valence-corrected chi connectivity index (χ0v) is 29.9. The maximum atomic E-state index is 12.5. The zero-order chi connectivity index (χ0) is 33.4. The minimum Gasteiger partial charge on any atom is -0.391 e. The van der Waals surface area contributed by atoms with Crippen LogP contribution in [0.15, 0.2) is 24.3 Å². The summed E-state index contributed by atoms with van der Waals surface area (Å²) >= 11 is 0. The maximum Gasteiger partial charge on any atom is 0.266 e. The molecule has 0 fully saturated rings. The van der Waals surface area contributed by atoms with E-state index < -0.39 is 40.0 Å². The van der Waals surface area contributed by atoms with E-state index in [1.165, 1.54) is 96.3 Å². The molecule has 0 heterocycles. The van der Waals surface area contributed by atoms with E-state index in [0.29, 0.717) is 25.7 Å². The van der Waals surface area contributed by atoms with Crippen LogP contribution >= 0.6 is 0 Å². The number of unbranched alkanes of at least 4 members (excludes halogenated alkanes) is 21. The fourth-order valence-electron chi connectivity index (χ4n) is 5.63. The summed E-state index contributed by atoms with van der Waals surface area (Å²) in [6.07, 6.45) is 34.8. The highest BCUT2D eigenvalue weighted by molar-refractivity contribution is 7.85. The highest BCUT2D eigenvalue weighted by Crippen LogP contribution is 2.15. The van der Waals surface area contributed by atoms with Crippen molar-refractivity contribution in [1.82, 2.24) is 5.32 Å². The number of aliphatic hydroxyl groups is 2. The molecule has 1 amide bonds. The molecule has 0 rings (SSSR count). The molecule has 0 bridgehead atoms. The van der Waals surface area contributed by atoms with Crippen LogP contribution in [-0.4, -0.2) is 53.1 Å². The van der Waals surface area contributed by atoms with E-state index in [1.807, 2.05) is 0 Å². The number of rotatable bonds is 33. The first-order valence-electron chi connectivity index (χ1n) is 18.6. The molecular weight excluding hydrogens is 586 g/mol. The lowest BCUT2D eigenvalue weighted by atomic mass is 10.0. The number of hydrogen-bond acceptors (Lipinski definition) is 5. The zero-order valence-electron chi connectivity index (χ0n) is 29.1. The van der Waals surface area contributed by atoms with Crippen molar-refractivity contribution in [2.75, 3.05) is 5.75 Å². The first-order valence-corrected chi connectivity index (χ1v) is 20.3. The molecule has 266 valence electrons. The average molecular weight is 658 g/mol. The molecule has 0 radical (unpaired) electrons. The molecule has 0 saturated heterocycles. The summed E-state index contributed by atoms with van der Waals surface area (Å²) in [6, 6.07) is -1.14. The number of carbonyl (C=O) groups is 1. The van der Waals surface area contributed by atoms with Crippen LogP contribution in [0.2, 0.25) is 0 Å². The second-order valence-corrected chi connectivity index (χ2v) is 14.5. The maximum absolute atomic E-state index is 12.5. The van der Waals surface area contributed by atoms with Crippen LogP contribution in [0.25, 0.3) is 0 Å². The Bertz CT molecular complexity index is 829. The van der Waals surface area contributed by atoms with E-state index >= 15 is 0 Å². The van der Waals surface area contributed by atoms with E-state index in [1.54, 1.807) is 0 Å². The summed E-state index contributed by atoms with van der Waals surface area (Å²) in [5.74, 6) is -1.46. The van der Waals surface area contributed by atoms with Crippen molar-refractivity contribution in [3.05, 3.63) is 24.3 Å². The van der Waals surface area contributed by atoms with E-state index in [4.69, 9.17) is 0 Å². The van der Waals surface area contributed by atoms with Gasteiger partial charge in [-0.1, -0.05) is 167 Å². The van der Waals surface area contributed by atoms with E-state index in [0.717, 1.165) is 44.9 Å². The van der Waals surface area contributed by atoms with Gasteiger partial charge < -0.3 is 15.5 Å². The Kier molecular flexibility index (Phi) is 30.5. The molecule has 0 aromatic carbocycles. The quantitative estimate of drug-likeness (QED) is 0.0317. The van der Waals surface area contributed by atoms with Gasteiger partial charge in [0.15, 0.2) is 0 Å². The Hall–Kier alpha value is -1.22. The van der Waals surface area contributed by atoms with Crippen LogP contribution in [0.4, 0.5) is 0 Å². The van der Waals surface area contributed by atoms with Crippen molar-refractivity contribution >= 4 is 16.0 Å². The summed E-state index contributed by atoms with van der Waals surface area (Å²) < 4.78 is 32.4. The molecular formula is C37H71NO6S. The van der Waals surface area contributed by atoms with Crippen LogP contribution in [0.3, 0.4) is 0 Å². The Morgan fingerprint density at radius 2 is 0.978 bits per heavy atom. The topological polar surface area (TPSA) is 124 Å². The van der Waals surface area contributed by atoms with Gasteiger partial charge in [0.25, 0.3) is 10.1 Å². The van der Waals surface area contributed by atoms with Crippen LogP contribution < -0.4 is 5.32 Å². The summed E-state index contributed by atoms with van der Waals surface area (Å²) in [5.41, 5.74) is 0. The molecule has 7 nitrogen and oxygen atoms in total. The Balaban J connectivity index is 4.00. The lowest BCUT2D eigenvalue weighted by Crippen LogP contribution is -2.50. The van der Waals surface area contributed by atoms with E-state index in [9.17, 15) is 28.0 Å². The highest BCUT2D eigenvalue weighted by atomic mass is 32.2. The first-order chi connectivity index (χ1) is 21.7. The van der Waals surface area contributed by atoms with Crippen LogP contribution in [0.5, 0.6) is 0 Å². The number of carbonyl (C=O) groups excluding carboxylic acids is 1. The molecule has 45 heavy (non-hydrogen) atoms. The second kappa shape index (κ2) is 31.4. The molecule has 4 N–H and O–H groups in total. The fourth-order valence-corrected chi connectivity index (χ4v) is 6.39. The Morgan fingerprint density at radius 1 is 0.600 bits per heavy atom. The molecule has 0 aliphatic carbocycles. The largest absolute Gasteiger partial charge is 0.391 e. The number of amides is 1. The monoisotopic (exact) mass is 658 g/mol. The molecule has 0 aliphatic rings. The van der Waals surface area contributed by atoms with Gasteiger partial charge >= 0.3 is 0 Å². The molecule has 0 aromatic rings. The van der Waals surface area contributed by atoms with E-state index in [-0.39, 0.29) is 0 Å². The van der Waals surface area contributed by atoms with Gasteiger partial charge in [0.2, 0.25) is 5.91 Å². The van der Waals surface area contributed by atoms with Gasteiger partial charge in [-0.15, -0.1) is 0 Å². The Labute approximate surface area is 277 Å². The predicted octanol–water partition coefficient (Wildman–Crippen LogP) is 9.38. The lowest BCUT2D eigenvalue weighted by molar-refractivity contribution is -0.131. The van der Waals surface area contributed by atoms with Crippen molar-refractivity contribution in [2.45, 2.75) is 199 Å². The summed E-state index contributed by atoms with van der Waals surface area (Å²) in [6.45, 7) is 4.44. The number of hydrogen-bond donors (Lipinski definition) is 4. The molecule has 3 unspecified atom stereocenters. The second-order valence-electron chi connectivity index (χ2n) is 13.0. The first kappa shape index (κ1) is 43.8. The highest BCUT2D eigenvalue weighted by Gasteiger charge is 2.28. The van der Waals surface area contributed by atoms with Gasteiger partial charge in [0.05, 0.1) is 17.9 Å². The van der Waals surface area contributed by atoms with Crippen LogP contribution in [-0.2, 0) is 14.9 Å². The fraction of sp³-hybridized carbons (Fsp3) is 0.865. The third-order valence-corrected chi connectivity index (χ3v) is 9.32. The van der Waals surface area contributed by atoms with Crippen LogP contribution in [0, 0.1) is 0 Å². The van der Waals surface area contributed by atoms with Gasteiger partial charge in [-0.05, 0) is 38.5 Å². The smallest absolute Gasteiger partial charge is 0.266 e. The van der Waals surface area contributed by atoms with Crippen molar-refractivity contribution in [1.29, 1.82) is 0 Å². The van der Waals surface area contributed by atoms with Gasteiger partial charge in [-0.3, -0.25) is 9.35 Å². The van der Waals surface area contributed by atoms with Gasteiger partial charge in [0, 0.05) is 0 Å². The third-order valence-electron chi connectivity index (χ3n) is 8.54. The minimum absolute atomic E-state index is 0.292. The van der Waals surface area contributed by atoms with Gasteiger partial charge in [0.1, 0.15) is 6.10 Å². The average Bonchev–Trinajstić information content (AvgIpc) is 3.00. The predicted molar refractivity (Wildman–Crippen MR) is 190 cm³/mol. The van der Waals surface area contributed by atoms with Crippen molar-refractivity contribution < 1.29 is 28.0 Å². The van der Waals surface area contributed by atoms with Crippen LogP contribution in [0.1, 0.15) is 181 Å². The summed E-state index contributed by atoms with van der Waals surface area (Å²) in [4.78, 5) is 12.5. The molecule has 0 aliphatic heterocycles. The molecule has 3 atom stereocenters. The van der Waals surface area contributed by atoms with Crippen molar-refractivity contribution in [2.24, 2.45) is 0 Å². The van der Waals surface area contributed by atoms with Crippen molar-refractivity contribution in [3.63, 3.8) is 0 Å². The van der Waals surface area contributed by atoms with Gasteiger partial charge in [-0.25, -0.2) is 0 Å². The summed E-state index contributed by atoms with van der Waals surface area (Å²) in [7, 11) is -4.40. The van der Waals surface area contributed by atoms with Gasteiger partial charge in [-0.2, -0.15) is 8.42 Å². The third kappa shape index (κ3) is 31.2. The number of nitrogens with one attached hydrogen (secondary N) is 1. The Morgan fingerprint density at radius 3 is 1.44 bits per heavy atom. The van der Waals surface area contributed by atoms with E-state index in [2.05, 4.69) is 43.5 Å². The lowest BCUT2D eigenvalue weighted by Gasteiger charge is -2.24. The minimum atomic E-state index is -4.40. The standard InChI is InChI=1S/C37H71NO6S/c1-3-5-7-9-11-13-15-16-17-18-19-20-21-22-24-26-28-30-32-36(40)37(41)38-34(33-45(42,43)44)35(39)31-29-27-25-23-14-12-10-8-6-4-2/h11,13,15-16,34-36,39-40H,3-10,12,14,17-33H2,1-2H3,(H,38,41)(H,42,43,44)/b13-11-,16-15-. The normalized spacial score (nSPS) is 14.3. The molecule has 8 heteroatoms. The summed E-state index contributed by atoms with van der Waals surface area (Å²) in [5, 5.41) is 23.4. The molecule has 0 saturated carbocycles. The number of allylic oxidation sites excluding steroid dienone is 4. The van der Waals surface area contributed by atoms with Crippen molar-refractivity contribution in [3.8, 4) is 0 Å². The molecule has 0 spiro atoms. The SMILES string of the molecule is CCCCC/C=C\C=C/CCCCCCCCCCCC(O)C(=O)NC(CS(=O)(=O)O)C(O)CCCCCCCCCCCC.